The van der Waals surface area contributed by atoms with Crippen molar-refractivity contribution < 1.29 is 9.63 Å². The van der Waals surface area contributed by atoms with Gasteiger partial charge in [-0.15, -0.1) is 0 Å². The molecule has 0 radical (unpaired) electrons. The third-order valence-corrected chi connectivity index (χ3v) is 2.94. The number of hydrogen-bond acceptors (Lipinski definition) is 5. The van der Waals surface area contributed by atoms with Crippen molar-refractivity contribution >= 4 is 58.4 Å². The van der Waals surface area contributed by atoms with Crippen LogP contribution in [-0.2, 0) is 9.63 Å². The zero-order chi connectivity index (χ0) is 14.3. The Labute approximate surface area is 134 Å². The molecule has 0 aromatic heterocycles. The quantitative estimate of drug-likeness (QED) is 0.267. The second-order valence-electron chi connectivity index (χ2n) is 3.33. The second-order valence-corrected chi connectivity index (χ2v) is 5.95. The standard InChI is InChI=1S/C11H15I2N3O2/c1-6(14-8(3)11(13)17)10(16-18-5)7(2)15-9(4)12/h8,14H,1-2H2,3-5H3/b15-9?,16-10+. The van der Waals surface area contributed by atoms with E-state index in [-0.39, 0.29) is 9.83 Å². The molecule has 0 rings (SSSR count). The predicted octanol–water partition coefficient (Wildman–Crippen LogP) is 2.81. The lowest BCUT2D eigenvalue weighted by Crippen LogP contribution is -2.33. The highest BCUT2D eigenvalue weighted by atomic mass is 127. The van der Waals surface area contributed by atoms with Crippen molar-refractivity contribution in [2.45, 2.75) is 19.9 Å². The monoisotopic (exact) mass is 475 g/mol. The Kier molecular flexibility index (Phi) is 8.40. The highest BCUT2D eigenvalue weighted by molar-refractivity contribution is 14.1. The molecule has 0 aromatic rings. The molecule has 1 unspecified atom stereocenters. The van der Waals surface area contributed by atoms with Crippen LogP contribution in [0.25, 0.3) is 0 Å². The van der Waals surface area contributed by atoms with E-state index in [0.29, 0.717) is 17.1 Å². The molecule has 0 bridgehead atoms. The molecule has 0 saturated heterocycles. The van der Waals surface area contributed by atoms with Gasteiger partial charge in [0.1, 0.15) is 12.8 Å². The van der Waals surface area contributed by atoms with Gasteiger partial charge in [0.2, 0.25) is 3.79 Å². The Hall–Kier alpha value is -0.450. The molecule has 0 aromatic carbocycles. The molecule has 0 spiro atoms. The number of aliphatic imine (C=N–C) groups is 1. The van der Waals surface area contributed by atoms with E-state index < -0.39 is 0 Å². The fourth-order valence-electron chi connectivity index (χ4n) is 0.999. The van der Waals surface area contributed by atoms with Gasteiger partial charge in [0.25, 0.3) is 0 Å². The minimum Gasteiger partial charge on any atom is -0.399 e. The highest BCUT2D eigenvalue weighted by Gasteiger charge is 2.15. The molecule has 0 aliphatic rings. The Balaban J connectivity index is 4.98. The summed E-state index contributed by atoms with van der Waals surface area (Å²) in [5.41, 5.74) is 1.26. The molecule has 0 aliphatic heterocycles. The molecule has 18 heavy (non-hydrogen) atoms. The van der Waals surface area contributed by atoms with E-state index in [1.807, 2.05) is 6.92 Å². The maximum absolute atomic E-state index is 11.2. The van der Waals surface area contributed by atoms with Gasteiger partial charge in [0.15, 0.2) is 0 Å². The van der Waals surface area contributed by atoms with Gasteiger partial charge in [0.05, 0.1) is 21.2 Å². The van der Waals surface area contributed by atoms with Gasteiger partial charge in [-0.2, -0.15) is 0 Å². The lowest BCUT2D eigenvalue weighted by Gasteiger charge is -2.15. The van der Waals surface area contributed by atoms with E-state index in [1.54, 1.807) is 29.5 Å². The van der Waals surface area contributed by atoms with Crippen molar-refractivity contribution in [3.63, 3.8) is 0 Å². The zero-order valence-electron chi connectivity index (χ0n) is 10.5. The van der Waals surface area contributed by atoms with E-state index in [1.165, 1.54) is 7.11 Å². The molecule has 5 nitrogen and oxygen atoms in total. The van der Waals surface area contributed by atoms with Crippen LogP contribution in [0, 0.1) is 0 Å². The van der Waals surface area contributed by atoms with E-state index in [0.717, 1.165) is 3.72 Å². The molecule has 7 heteroatoms. The summed E-state index contributed by atoms with van der Waals surface area (Å²) in [4.78, 5) is 20.1. The van der Waals surface area contributed by atoms with E-state index in [9.17, 15) is 4.79 Å². The Morgan fingerprint density at radius 1 is 1.39 bits per heavy atom. The highest BCUT2D eigenvalue weighted by Crippen LogP contribution is 2.09. The van der Waals surface area contributed by atoms with Gasteiger partial charge >= 0.3 is 0 Å². The van der Waals surface area contributed by atoms with Crippen LogP contribution in [0.3, 0.4) is 0 Å². The first kappa shape index (κ1) is 17.6. The van der Waals surface area contributed by atoms with Crippen molar-refractivity contribution in [3.8, 4) is 0 Å². The van der Waals surface area contributed by atoms with Gasteiger partial charge in [-0.25, -0.2) is 4.99 Å². The van der Waals surface area contributed by atoms with Crippen LogP contribution in [0.1, 0.15) is 13.8 Å². The largest absolute Gasteiger partial charge is 0.399 e. The van der Waals surface area contributed by atoms with Gasteiger partial charge in [0, 0.05) is 22.6 Å². The first-order valence-electron chi connectivity index (χ1n) is 4.96. The molecule has 0 amide bonds. The third kappa shape index (κ3) is 6.47. The number of carbonyl (C=O) groups is 1. The van der Waals surface area contributed by atoms with E-state index in [4.69, 9.17) is 4.84 Å². The van der Waals surface area contributed by atoms with Gasteiger partial charge in [-0.3, -0.25) is 4.79 Å². The van der Waals surface area contributed by atoms with Crippen LogP contribution in [0.2, 0.25) is 0 Å². The lowest BCUT2D eigenvalue weighted by atomic mass is 10.2. The predicted molar refractivity (Wildman–Crippen MR) is 91.5 cm³/mol. The number of nitrogens with zero attached hydrogens (tertiary/aromatic N) is 2. The Morgan fingerprint density at radius 3 is 2.33 bits per heavy atom. The fourth-order valence-corrected chi connectivity index (χ4v) is 1.45. The summed E-state index contributed by atoms with van der Waals surface area (Å²) in [6.07, 6.45) is 0. The smallest absolute Gasteiger partial charge is 0.214 e. The summed E-state index contributed by atoms with van der Waals surface area (Å²) >= 11 is 3.79. The van der Waals surface area contributed by atoms with Crippen LogP contribution >= 0.6 is 45.2 Å². The average molecular weight is 475 g/mol. The molecular weight excluding hydrogens is 460 g/mol. The molecular formula is C11H15I2N3O2. The summed E-state index contributed by atoms with van der Waals surface area (Å²) in [6.45, 7) is 11.2. The summed E-state index contributed by atoms with van der Waals surface area (Å²) < 4.78 is 0.789. The topological polar surface area (TPSA) is 63.1 Å². The first-order chi connectivity index (χ1) is 8.29. The van der Waals surface area contributed by atoms with Crippen LogP contribution in [0.5, 0.6) is 0 Å². The molecule has 1 N–H and O–H groups in total. The van der Waals surface area contributed by atoms with Crippen LogP contribution < -0.4 is 5.32 Å². The maximum Gasteiger partial charge on any atom is 0.214 e. The summed E-state index contributed by atoms with van der Waals surface area (Å²) in [6, 6.07) is -0.363. The van der Waals surface area contributed by atoms with Gasteiger partial charge in [-0.1, -0.05) is 18.3 Å². The molecule has 1 atom stereocenters. The van der Waals surface area contributed by atoms with Gasteiger partial charge in [-0.05, 0) is 36.4 Å². The summed E-state index contributed by atoms with van der Waals surface area (Å²) in [5.74, 6) is 0. The first-order valence-corrected chi connectivity index (χ1v) is 7.11. The molecule has 0 aliphatic carbocycles. The third-order valence-electron chi connectivity index (χ3n) is 1.76. The molecule has 100 valence electrons. The number of nitrogens with one attached hydrogen (secondary N) is 1. The second kappa shape index (κ2) is 8.62. The number of hydrogen-bond donors (Lipinski definition) is 1. The fraction of sp³-hybridized carbons (Fsp3) is 0.364. The molecule has 0 saturated carbocycles. The SMILES string of the molecule is C=C(N=C(C)I)/C(=N/OC)C(=C)NC(C)C(=O)I. The summed E-state index contributed by atoms with van der Waals surface area (Å²) in [7, 11) is 1.42. The van der Waals surface area contributed by atoms with Crippen LogP contribution in [-0.4, -0.2) is 26.4 Å². The van der Waals surface area contributed by atoms with Crippen molar-refractivity contribution in [2.75, 3.05) is 7.11 Å². The number of carbonyl (C=O) groups excluding carboxylic acids is 1. The summed E-state index contributed by atoms with van der Waals surface area (Å²) in [5, 5.41) is 6.74. The van der Waals surface area contributed by atoms with Crippen LogP contribution in [0.4, 0.5) is 0 Å². The number of oxime groups is 1. The normalized spacial score (nSPS) is 13.8. The van der Waals surface area contributed by atoms with Crippen LogP contribution in [0.15, 0.2) is 34.7 Å². The zero-order valence-corrected chi connectivity index (χ0v) is 14.8. The van der Waals surface area contributed by atoms with Crippen molar-refractivity contribution in [2.24, 2.45) is 10.1 Å². The average Bonchev–Trinajstić information content (AvgIpc) is 2.24. The Morgan fingerprint density at radius 2 is 1.94 bits per heavy atom. The maximum atomic E-state index is 11.2. The van der Waals surface area contributed by atoms with E-state index in [2.05, 4.69) is 51.2 Å². The number of rotatable bonds is 7. The Bertz CT molecular complexity index is 413. The minimum absolute atomic E-state index is 0.0234. The number of halogens is 2. The van der Waals surface area contributed by atoms with Crippen molar-refractivity contribution in [3.05, 3.63) is 24.6 Å². The lowest BCUT2D eigenvalue weighted by molar-refractivity contribution is -0.110. The molecule has 0 fully saturated rings. The van der Waals surface area contributed by atoms with Crippen molar-refractivity contribution in [1.82, 2.24) is 5.32 Å². The van der Waals surface area contributed by atoms with Gasteiger partial charge < -0.3 is 10.2 Å². The van der Waals surface area contributed by atoms with E-state index >= 15 is 0 Å². The van der Waals surface area contributed by atoms with Crippen molar-refractivity contribution in [1.29, 1.82) is 0 Å². The molecule has 0 heterocycles. The minimum atomic E-state index is -0.363.